The summed E-state index contributed by atoms with van der Waals surface area (Å²) >= 11 is 0. The Balaban J connectivity index is 1.90. The van der Waals surface area contributed by atoms with Crippen molar-refractivity contribution in [3.8, 4) is 11.5 Å². The van der Waals surface area contributed by atoms with Gasteiger partial charge in [0.1, 0.15) is 17.4 Å². The number of benzene rings is 2. The molecule has 3 atom stereocenters. The van der Waals surface area contributed by atoms with Gasteiger partial charge in [-0.1, -0.05) is 30.3 Å². The zero-order valence-corrected chi connectivity index (χ0v) is 23.0. The van der Waals surface area contributed by atoms with Gasteiger partial charge in [0, 0.05) is 28.8 Å². The molecule has 3 unspecified atom stereocenters. The first-order chi connectivity index (χ1) is 18.9. The summed E-state index contributed by atoms with van der Waals surface area (Å²) in [6.07, 6.45) is 0.353. The Bertz CT molecular complexity index is 1310. The zero-order valence-electron chi connectivity index (χ0n) is 23.0. The fraction of sp³-hybridized carbons (Fsp3) is 0.387. The predicted octanol–water partition coefficient (Wildman–Crippen LogP) is 4.81. The van der Waals surface area contributed by atoms with Crippen LogP contribution >= 0.6 is 0 Å². The molecule has 0 saturated heterocycles. The highest BCUT2D eigenvalue weighted by Gasteiger charge is 2.49. The predicted molar refractivity (Wildman–Crippen MR) is 145 cm³/mol. The normalized spacial score (nSPS) is 20.6. The van der Waals surface area contributed by atoms with E-state index in [9.17, 15) is 14.4 Å². The van der Waals surface area contributed by atoms with Gasteiger partial charge in [-0.3, -0.25) is 9.59 Å². The summed E-state index contributed by atoms with van der Waals surface area (Å²) < 4.78 is 22.0. The first-order valence-electron chi connectivity index (χ1n) is 13.3. The van der Waals surface area contributed by atoms with Gasteiger partial charge in [-0.05, 0) is 63.4 Å². The molecule has 0 aromatic heterocycles. The van der Waals surface area contributed by atoms with Crippen molar-refractivity contribution < 1.29 is 33.3 Å². The lowest BCUT2D eigenvalue weighted by Crippen LogP contribution is -2.43. The van der Waals surface area contributed by atoms with Crippen molar-refractivity contribution >= 4 is 17.7 Å². The van der Waals surface area contributed by atoms with Crippen LogP contribution in [0.4, 0.5) is 0 Å². The van der Waals surface area contributed by atoms with E-state index in [1.807, 2.05) is 55.5 Å². The Morgan fingerprint density at radius 3 is 2.28 bits per heavy atom. The van der Waals surface area contributed by atoms with E-state index in [-0.39, 0.29) is 19.0 Å². The number of nitrogens with one attached hydrogen (secondary N) is 1. The number of para-hydroxylation sites is 1. The highest BCUT2D eigenvalue weighted by Crippen LogP contribution is 2.49. The van der Waals surface area contributed by atoms with Crippen molar-refractivity contribution in [1.82, 2.24) is 5.32 Å². The van der Waals surface area contributed by atoms with E-state index in [4.69, 9.17) is 18.9 Å². The third-order valence-electron chi connectivity index (χ3n) is 7.12. The molecule has 1 aliphatic heterocycles. The number of dihydropyridines is 1. The summed E-state index contributed by atoms with van der Waals surface area (Å²) in [4.78, 5) is 41.0. The smallest absolute Gasteiger partial charge is 0.336 e. The largest absolute Gasteiger partial charge is 0.496 e. The first kappa shape index (κ1) is 28.0. The van der Waals surface area contributed by atoms with Gasteiger partial charge in [0.15, 0.2) is 5.78 Å². The number of carbonyl (C=O) groups excluding carboxylic acids is 3. The van der Waals surface area contributed by atoms with Crippen molar-refractivity contribution in [3.05, 3.63) is 82.2 Å². The van der Waals surface area contributed by atoms with Crippen molar-refractivity contribution in [2.24, 2.45) is 5.92 Å². The fourth-order valence-corrected chi connectivity index (χ4v) is 5.54. The molecule has 39 heavy (non-hydrogen) atoms. The van der Waals surface area contributed by atoms with Gasteiger partial charge in [-0.2, -0.15) is 0 Å². The van der Waals surface area contributed by atoms with E-state index in [1.54, 1.807) is 27.9 Å². The monoisotopic (exact) mass is 533 g/mol. The average Bonchev–Trinajstić information content (AvgIpc) is 2.93. The minimum atomic E-state index is -1.10. The topological polar surface area (TPSA) is 100 Å². The van der Waals surface area contributed by atoms with Crippen LogP contribution in [0.3, 0.4) is 0 Å². The van der Waals surface area contributed by atoms with Crippen LogP contribution in [-0.2, 0) is 23.9 Å². The van der Waals surface area contributed by atoms with Crippen LogP contribution in [-0.4, -0.2) is 44.7 Å². The number of carbonyl (C=O) groups is 3. The number of ketones is 1. The average molecular weight is 534 g/mol. The molecule has 1 aliphatic carbocycles. The molecule has 1 N–H and O–H groups in total. The van der Waals surface area contributed by atoms with E-state index in [0.717, 1.165) is 11.1 Å². The molecule has 8 nitrogen and oxygen atoms in total. The maximum Gasteiger partial charge on any atom is 0.336 e. The summed E-state index contributed by atoms with van der Waals surface area (Å²) in [5.74, 6) is -2.57. The van der Waals surface area contributed by atoms with E-state index in [0.29, 0.717) is 47.1 Å². The highest BCUT2D eigenvalue weighted by atomic mass is 16.5. The Morgan fingerprint density at radius 1 is 0.949 bits per heavy atom. The maximum atomic E-state index is 14.4. The van der Waals surface area contributed by atoms with Crippen molar-refractivity contribution in [1.29, 1.82) is 0 Å². The number of hydrogen-bond donors (Lipinski definition) is 1. The Hall–Kier alpha value is -4.07. The molecule has 0 amide bonds. The molecule has 0 saturated carbocycles. The summed E-state index contributed by atoms with van der Waals surface area (Å²) in [7, 11) is 1.56. The van der Waals surface area contributed by atoms with Gasteiger partial charge in [-0.15, -0.1) is 0 Å². The molecular formula is C31H35NO7. The molecule has 0 fully saturated rings. The molecule has 206 valence electrons. The Kier molecular flexibility index (Phi) is 8.74. The van der Waals surface area contributed by atoms with E-state index in [1.165, 1.54) is 0 Å². The molecule has 2 aromatic carbocycles. The van der Waals surface area contributed by atoms with Crippen LogP contribution in [0, 0.1) is 5.92 Å². The van der Waals surface area contributed by atoms with Gasteiger partial charge in [0.25, 0.3) is 0 Å². The lowest BCUT2D eigenvalue weighted by atomic mass is 9.67. The number of allylic oxidation sites excluding steroid dienone is 3. The lowest BCUT2D eigenvalue weighted by molar-refractivity contribution is -0.152. The van der Waals surface area contributed by atoms with Crippen LogP contribution in [0.15, 0.2) is 71.1 Å². The van der Waals surface area contributed by atoms with Gasteiger partial charge in [-0.25, -0.2) is 4.79 Å². The van der Waals surface area contributed by atoms with Crippen LogP contribution in [0.1, 0.15) is 57.1 Å². The Morgan fingerprint density at radius 2 is 1.64 bits per heavy atom. The van der Waals surface area contributed by atoms with E-state index in [2.05, 4.69) is 5.32 Å². The highest BCUT2D eigenvalue weighted by molar-refractivity contribution is 6.13. The number of Topliss-reactive ketones (excluding diaryl/α,β-unsaturated/α-hetero) is 1. The van der Waals surface area contributed by atoms with Gasteiger partial charge in [0.05, 0.1) is 32.5 Å². The fourth-order valence-electron chi connectivity index (χ4n) is 5.54. The minimum absolute atomic E-state index is 0.140. The van der Waals surface area contributed by atoms with Crippen molar-refractivity contribution in [3.63, 3.8) is 0 Å². The molecule has 2 aromatic rings. The van der Waals surface area contributed by atoms with E-state index < -0.39 is 29.7 Å². The third-order valence-corrected chi connectivity index (χ3v) is 7.12. The number of esters is 2. The number of rotatable bonds is 9. The van der Waals surface area contributed by atoms with Crippen molar-refractivity contribution in [2.75, 3.05) is 26.9 Å². The maximum absolute atomic E-state index is 14.4. The summed E-state index contributed by atoms with van der Waals surface area (Å²) in [6.45, 7) is 7.99. The van der Waals surface area contributed by atoms with Gasteiger partial charge >= 0.3 is 11.9 Å². The number of methoxy groups -OCH3 is 1. The molecular weight excluding hydrogens is 498 g/mol. The second kappa shape index (κ2) is 12.2. The van der Waals surface area contributed by atoms with Gasteiger partial charge < -0.3 is 24.3 Å². The lowest BCUT2D eigenvalue weighted by Gasteiger charge is -2.39. The molecule has 2 aliphatic rings. The second-order valence-corrected chi connectivity index (χ2v) is 9.36. The van der Waals surface area contributed by atoms with Crippen LogP contribution in [0.5, 0.6) is 11.5 Å². The SMILES string of the molecule is CCOC(=O)C1=C(C)NC2=C(C(=O)C(C(=O)OCC)C(c3ccccc3OC)C2)C1c1ccc(OCC)cc1. The quantitative estimate of drug-likeness (QED) is 0.362. The zero-order chi connectivity index (χ0) is 28.1. The van der Waals surface area contributed by atoms with Gasteiger partial charge in [0.2, 0.25) is 0 Å². The number of ether oxygens (including phenoxy) is 4. The minimum Gasteiger partial charge on any atom is -0.496 e. The molecule has 4 rings (SSSR count). The molecule has 0 spiro atoms. The van der Waals surface area contributed by atoms with Crippen molar-refractivity contribution in [2.45, 2.75) is 46.0 Å². The summed E-state index contributed by atoms with van der Waals surface area (Å²) in [5, 5.41) is 3.32. The van der Waals surface area contributed by atoms with Crippen LogP contribution < -0.4 is 14.8 Å². The summed E-state index contributed by atoms with van der Waals surface area (Å²) in [6, 6.07) is 14.7. The van der Waals surface area contributed by atoms with Crippen LogP contribution in [0.25, 0.3) is 0 Å². The molecule has 1 heterocycles. The Labute approximate surface area is 229 Å². The molecule has 8 heteroatoms. The number of hydrogen-bond acceptors (Lipinski definition) is 8. The third kappa shape index (κ3) is 5.41. The van der Waals surface area contributed by atoms with E-state index >= 15 is 0 Å². The standard InChI is InChI=1S/C31H35NO7/c1-6-37-20-15-13-19(14-16-20)26-25(30(34)38-7-2)18(4)32-23-17-22(21-11-9-10-12-24(21)36-5)27(29(33)28(23)26)31(35)39-8-3/h9-16,22,26-27,32H,6-8,17H2,1-5H3. The molecule has 0 radical (unpaired) electrons. The first-order valence-corrected chi connectivity index (χ1v) is 13.3. The summed E-state index contributed by atoms with van der Waals surface area (Å²) in [5.41, 5.74) is 3.45. The second-order valence-electron chi connectivity index (χ2n) is 9.36. The molecule has 0 bridgehead atoms. The van der Waals surface area contributed by atoms with Crippen LogP contribution in [0.2, 0.25) is 0 Å².